The van der Waals surface area contributed by atoms with Crippen molar-refractivity contribution in [3.05, 3.63) is 27.1 Å². The van der Waals surface area contributed by atoms with E-state index >= 15 is 0 Å². The van der Waals surface area contributed by atoms with Gasteiger partial charge in [-0.1, -0.05) is 22.9 Å². The Morgan fingerprint density at radius 3 is 2.55 bits per heavy atom. The van der Waals surface area contributed by atoms with E-state index in [4.69, 9.17) is 4.74 Å². The first-order chi connectivity index (χ1) is 9.34. The Kier molecular flexibility index (Phi) is 7.14. The number of hydrogen-bond donors (Lipinski definition) is 0. The monoisotopic (exact) mass is 427 g/mol. The Bertz CT molecular complexity index is 549. The number of halogens is 2. The number of methoxy groups -OCH3 is 1. The second-order valence-corrected chi connectivity index (χ2v) is 8.07. The van der Waals surface area contributed by atoms with Crippen molar-refractivity contribution in [1.82, 2.24) is 4.31 Å². The highest BCUT2D eigenvalue weighted by Crippen LogP contribution is 2.29. The second-order valence-electron chi connectivity index (χ2n) is 4.44. The zero-order chi connectivity index (χ0) is 15.3. The third-order valence-electron chi connectivity index (χ3n) is 3.08. The minimum atomic E-state index is -3.56. The minimum absolute atomic E-state index is 0.0824. The Balaban J connectivity index is 3.24. The highest BCUT2D eigenvalue weighted by molar-refractivity contribution is 9.11. The number of benzene rings is 1. The number of hydrogen-bond acceptors (Lipinski definition) is 3. The van der Waals surface area contributed by atoms with Crippen LogP contribution >= 0.6 is 31.9 Å². The summed E-state index contributed by atoms with van der Waals surface area (Å²) in [5.41, 5.74) is 0. The first-order valence-electron chi connectivity index (χ1n) is 6.30. The fraction of sp³-hybridized carbons (Fsp3) is 0.538. The first-order valence-corrected chi connectivity index (χ1v) is 9.33. The molecule has 0 aliphatic heterocycles. The molecule has 7 heteroatoms. The molecule has 1 unspecified atom stereocenters. The van der Waals surface area contributed by atoms with E-state index in [1.807, 2.05) is 13.8 Å². The summed E-state index contributed by atoms with van der Waals surface area (Å²) >= 11 is 6.63. The van der Waals surface area contributed by atoms with Gasteiger partial charge in [0.2, 0.25) is 10.0 Å². The largest absolute Gasteiger partial charge is 0.383 e. The molecule has 0 aliphatic rings. The van der Waals surface area contributed by atoms with Crippen LogP contribution in [0.1, 0.15) is 20.3 Å². The zero-order valence-corrected chi connectivity index (χ0v) is 15.8. The lowest BCUT2D eigenvalue weighted by Gasteiger charge is -2.28. The summed E-state index contributed by atoms with van der Waals surface area (Å²) in [7, 11) is -2.00. The first kappa shape index (κ1) is 18.1. The van der Waals surface area contributed by atoms with Gasteiger partial charge in [-0.15, -0.1) is 0 Å². The molecule has 1 aromatic rings. The Hall–Kier alpha value is 0.0500. The second kappa shape index (κ2) is 7.89. The molecule has 114 valence electrons. The fourth-order valence-electron chi connectivity index (χ4n) is 1.76. The van der Waals surface area contributed by atoms with Crippen molar-refractivity contribution >= 4 is 41.9 Å². The van der Waals surface area contributed by atoms with Gasteiger partial charge in [0.1, 0.15) is 0 Å². The molecule has 0 saturated carbocycles. The summed E-state index contributed by atoms with van der Waals surface area (Å²) in [4.78, 5) is 0.267. The molecule has 0 radical (unpaired) electrons. The lowest BCUT2D eigenvalue weighted by Crippen LogP contribution is -2.40. The maximum Gasteiger partial charge on any atom is 0.244 e. The van der Waals surface area contributed by atoms with Crippen LogP contribution in [0.15, 0.2) is 32.0 Å². The number of ether oxygens (including phenoxy) is 1. The molecule has 0 N–H and O–H groups in total. The average molecular weight is 429 g/mol. The summed E-state index contributed by atoms with van der Waals surface area (Å²) in [6.45, 7) is 4.58. The molecule has 0 aromatic heterocycles. The molecule has 0 spiro atoms. The normalized spacial score (nSPS) is 13.7. The summed E-state index contributed by atoms with van der Waals surface area (Å²) in [5.74, 6) is 0. The van der Waals surface area contributed by atoms with Gasteiger partial charge in [-0.2, -0.15) is 4.31 Å². The maximum atomic E-state index is 12.8. The van der Waals surface area contributed by atoms with Crippen molar-refractivity contribution in [2.75, 3.05) is 20.3 Å². The lowest BCUT2D eigenvalue weighted by atomic mass is 10.3. The van der Waals surface area contributed by atoms with Crippen LogP contribution in [0.5, 0.6) is 0 Å². The highest BCUT2D eigenvalue weighted by Gasteiger charge is 2.29. The van der Waals surface area contributed by atoms with Gasteiger partial charge in [-0.05, 0) is 47.5 Å². The van der Waals surface area contributed by atoms with Gasteiger partial charge < -0.3 is 4.74 Å². The van der Waals surface area contributed by atoms with E-state index in [9.17, 15) is 8.42 Å². The molecular formula is C13H19Br2NO3S. The molecule has 20 heavy (non-hydrogen) atoms. The van der Waals surface area contributed by atoms with Crippen LogP contribution in [0, 0.1) is 0 Å². The van der Waals surface area contributed by atoms with E-state index in [1.54, 1.807) is 25.3 Å². The zero-order valence-electron chi connectivity index (χ0n) is 11.8. The summed E-state index contributed by atoms with van der Waals surface area (Å²) < 4.78 is 33.5. The van der Waals surface area contributed by atoms with E-state index in [0.29, 0.717) is 17.6 Å². The molecule has 0 bridgehead atoms. The standard InChI is InChI=1S/C13H19Br2NO3S/c1-4-10(2)16(7-8-19-3)20(17,18)13-9-11(14)5-6-12(13)15/h5-6,9-10H,4,7-8H2,1-3H3. The van der Waals surface area contributed by atoms with E-state index < -0.39 is 10.0 Å². The van der Waals surface area contributed by atoms with Crippen LogP contribution < -0.4 is 0 Å². The van der Waals surface area contributed by atoms with Crippen LogP contribution in [0.2, 0.25) is 0 Å². The quantitative estimate of drug-likeness (QED) is 0.665. The van der Waals surface area contributed by atoms with Crippen molar-refractivity contribution in [3.63, 3.8) is 0 Å². The topological polar surface area (TPSA) is 46.6 Å². The van der Waals surface area contributed by atoms with E-state index in [0.717, 1.165) is 10.9 Å². The predicted molar refractivity (Wildman–Crippen MR) is 87.4 cm³/mol. The number of sulfonamides is 1. The highest BCUT2D eigenvalue weighted by atomic mass is 79.9. The Morgan fingerprint density at radius 2 is 2.00 bits per heavy atom. The Morgan fingerprint density at radius 1 is 1.35 bits per heavy atom. The Labute approximate surface area is 137 Å². The molecule has 4 nitrogen and oxygen atoms in total. The van der Waals surface area contributed by atoms with Crippen molar-refractivity contribution in [1.29, 1.82) is 0 Å². The molecule has 0 saturated heterocycles. The molecule has 0 amide bonds. The molecule has 0 fully saturated rings. The SMILES string of the molecule is CCC(C)N(CCOC)S(=O)(=O)c1cc(Br)ccc1Br. The van der Waals surface area contributed by atoms with Gasteiger partial charge in [0, 0.05) is 28.6 Å². The molecule has 0 aliphatic carbocycles. The average Bonchev–Trinajstić information content (AvgIpc) is 2.41. The van der Waals surface area contributed by atoms with Gasteiger partial charge >= 0.3 is 0 Å². The maximum absolute atomic E-state index is 12.8. The van der Waals surface area contributed by atoms with Crippen LogP contribution in [0.3, 0.4) is 0 Å². The van der Waals surface area contributed by atoms with Crippen molar-refractivity contribution < 1.29 is 13.2 Å². The van der Waals surface area contributed by atoms with Gasteiger partial charge in [-0.25, -0.2) is 8.42 Å². The van der Waals surface area contributed by atoms with Crippen molar-refractivity contribution in [3.8, 4) is 0 Å². The fourth-order valence-corrected chi connectivity index (χ4v) is 4.92. The molecule has 1 rings (SSSR count). The third-order valence-corrected chi connectivity index (χ3v) is 6.58. The van der Waals surface area contributed by atoms with Crippen molar-refractivity contribution in [2.24, 2.45) is 0 Å². The molecule has 0 heterocycles. The molecular weight excluding hydrogens is 410 g/mol. The smallest absolute Gasteiger partial charge is 0.244 e. The van der Waals surface area contributed by atoms with Gasteiger partial charge in [-0.3, -0.25) is 0 Å². The van der Waals surface area contributed by atoms with E-state index in [-0.39, 0.29) is 10.9 Å². The van der Waals surface area contributed by atoms with Crippen LogP contribution in [-0.2, 0) is 14.8 Å². The van der Waals surface area contributed by atoms with Crippen molar-refractivity contribution in [2.45, 2.75) is 31.2 Å². The van der Waals surface area contributed by atoms with Gasteiger partial charge in [0.15, 0.2) is 0 Å². The summed E-state index contributed by atoms with van der Waals surface area (Å²) in [6, 6.07) is 5.05. The van der Waals surface area contributed by atoms with Crippen LogP contribution in [0.25, 0.3) is 0 Å². The molecule has 1 aromatic carbocycles. The van der Waals surface area contributed by atoms with Gasteiger partial charge in [0.05, 0.1) is 11.5 Å². The van der Waals surface area contributed by atoms with E-state index in [2.05, 4.69) is 31.9 Å². The summed E-state index contributed by atoms with van der Waals surface area (Å²) in [6.07, 6.45) is 0.745. The van der Waals surface area contributed by atoms with Gasteiger partial charge in [0.25, 0.3) is 0 Å². The number of nitrogens with zero attached hydrogens (tertiary/aromatic N) is 1. The minimum Gasteiger partial charge on any atom is -0.383 e. The predicted octanol–water partition coefficient (Wildman–Crippen LogP) is 3.65. The van der Waals surface area contributed by atoms with Crippen LogP contribution in [0.4, 0.5) is 0 Å². The lowest BCUT2D eigenvalue weighted by molar-refractivity contribution is 0.167. The molecule has 1 atom stereocenters. The summed E-state index contributed by atoms with van der Waals surface area (Å²) in [5, 5.41) is 0. The third kappa shape index (κ3) is 4.27. The van der Waals surface area contributed by atoms with E-state index in [1.165, 1.54) is 4.31 Å². The van der Waals surface area contributed by atoms with Crippen LogP contribution in [-0.4, -0.2) is 39.0 Å². The number of rotatable bonds is 7.